The Balaban J connectivity index is 2.54. The quantitative estimate of drug-likeness (QED) is 0.803. The number of aromatic nitrogens is 2. The average Bonchev–Trinajstić information content (AvgIpc) is 2.17. The normalized spacial score (nSPS) is 11.6. The highest BCUT2D eigenvalue weighted by Gasteiger charge is 2.08. The SMILES string of the molecule is CCCS(=O)(=O)NCc1cnc(C)cn1. The van der Waals surface area contributed by atoms with E-state index in [9.17, 15) is 8.42 Å². The summed E-state index contributed by atoms with van der Waals surface area (Å²) in [5.41, 5.74) is 1.44. The molecule has 0 radical (unpaired) electrons. The zero-order valence-electron chi connectivity index (χ0n) is 8.90. The van der Waals surface area contributed by atoms with Gasteiger partial charge in [-0.1, -0.05) is 6.92 Å². The van der Waals surface area contributed by atoms with E-state index in [1.54, 1.807) is 12.4 Å². The number of nitrogens with one attached hydrogen (secondary N) is 1. The highest BCUT2D eigenvalue weighted by atomic mass is 32.2. The van der Waals surface area contributed by atoms with Gasteiger partial charge in [-0.15, -0.1) is 0 Å². The summed E-state index contributed by atoms with van der Waals surface area (Å²) in [4.78, 5) is 8.08. The summed E-state index contributed by atoms with van der Waals surface area (Å²) in [5, 5.41) is 0. The van der Waals surface area contributed by atoms with Gasteiger partial charge in [0.05, 0.1) is 29.9 Å². The number of hydrogen-bond donors (Lipinski definition) is 1. The molecule has 1 heterocycles. The van der Waals surface area contributed by atoms with Crippen molar-refractivity contribution in [3.63, 3.8) is 0 Å². The summed E-state index contributed by atoms with van der Waals surface area (Å²) in [6.07, 6.45) is 3.79. The van der Waals surface area contributed by atoms with E-state index in [-0.39, 0.29) is 12.3 Å². The summed E-state index contributed by atoms with van der Waals surface area (Å²) < 4.78 is 25.1. The van der Waals surface area contributed by atoms with E-state index in [0.717, 1.165) is 5.69 Å². The minimum atomic E-state index is -3.16. The van der Waals surface area contributed by atoms with Gasteiger partial charge >= 0.3 is 0 Å². The highest BCUT2D eigenvalue weighted by molar-refractivity contribution is 7.89. The van der Waals surface area contributed by atoms with Crippen molar-refractivity contribution in [2.45, 2.75) is 26.8 Å². The lowest BCUT2D eigenvalue weighted by molar-refractivity contribution is 0.579. The van der Waals surface area contributed by atoms with E-state index in [4.69, 9.17) is 0 Å². The number of nitrogens with zero attached hydrogens (tertiary/aromatic N) is 2. The summed E-state index contributed by atoms with van der Waals surface area (Å²) in [6, 6.07) is 0. The smallest absolute Gasteiger partial charge is 0.211 e. The lowest BCUT2D eigenvalue weighted by Crippen LogP contribution is -2.26. The fourth-order valence-electron chi connectivity index (χ4n) is 1.04. The maximum Gasteiger partial charge on any atom is 0.211 e. The minimum absolute atomic E-state index is 0.145. The van der Waals surface area contributed by atoms with Crippen molar-refractivity contribution in [3.8, 4) is 0 Å². The first-order valence-corrected chi connectivity index (χ1v) is 6.43. The monoisotopic (exact) mass is 229 g/mol. The molecular formula is C9H15N3O2S. The molecule has 0 saturated carbocycles. The van der Waals surface area contributed by atoms with Crippen LogP contribution in [0.4, 0.5) is 0 Å². The Morgan fingerprint density at radius 2 is 2.07 bits per heavy atom. The molecule has 6 heteroatoms. The molecule has 0 spiro atoms. The molecular weight excluding hydrogens is 214 g/mol. The fraction of sp³-hybridized carbons (Fsp3) is 0.556. The van der Waals surface area contributed by atoms with Crippen LogP contribution in [0.15, 0.2) is 12.4 Å². The highest BCUT2D eigenvalue weighted by Crippen LogP contribution is 1.96. The van der Waals surface area contributed by atoms with Crippen molar-refractivity contribution in [2.75, 3.05) is 5.75 Å². The third kappa shape index (κ3) is 4.35. The van der Waals surface area contributed by atoms with Crippen LogP contribution in [0, 0.1) is 6.92 Å². The lowest BCUT2D eigenvalue weighted by atomic mass is 10.4. The minimum Gasteiger partial charge on any atom is -0.258 e. The van der Waals surface area contributed by atoms with Crippen LogP contribution >= 0.6 is 0 Å². The Kier molecular flexibility index (Phi) is 4.16. The predicted molar refractivity (Wildman–Crippen MR) is 57.7 cm³/mol. The van der Waals surface area contributed by atoms with E-state index >= 15 is 0 Å². The molecule has 0 aliphatic carbocycles. The van der Waals surface area contributed by atoms with Gasteiger partial charge in [-0.05, 0) is 13.3 Å². The van der Waals surface area contributed by atoms with Gasteiger partial charge in [0, 0.05) is 6.20 Å². The summed E-state index contributed by atoms with van der Waals surface area (Å²) in [6.45, 7) is 3.86. The van der Waals surface area contributed by atoms with Gasteiger partial charge in [0.1, 0.15) is 0 Å². The molecule has 1 rings (SSSR count). The standard InChI is InChI=1S/C9H15N3O2S/c1-3-4-15(13,14)12-7-9-6-10-8(2)5-11-9/h5-6,12H,3-4,7H2,1-2H3. The van der Waals surface area contributed by atoms with Crippen LogP contribution in [0.25, 0.3) is 0 Å². The van der Waals surface area contributed by atoms with Crippen LogP contribution in [0.1, 0.15) is 24.7 Å². The Hall–Kier alpha value is -1.01. The molecule has 0 unspecified atom stereocenters. The summed E-state index contributed by atoms with van der Waals surface area (Å²) in [7, 11) is -3.16. The maximum atomic E-state index is 11.3. The number of rotatable bonds is 5. The third-order valence-corrected chi connectivity index (χ3v) is 3.31. The van der Waals surface area contributed by atoms with Gasteiger partial charge in [0.25, 0.3) is 0 Å². The maximum absolute atomic E-state index is 11.3. The van der Waals surface area contributed by atoms with Gasteiger partial charge in [-0.3, -0.25) is 9.97 Å². The van der Waals surface area contributed by atoms with E-state index in [2.05, 4.69) is 14.7 Å². The number of aryl methyl sites for hydroxylation is 1. The number of sulfonamides is 1. The first-order chi connectivity index (χ1) is 7.03. The van der Waals surface area contributed by atoms with Crippen LogP contribution in [0.5, 0.6) is 0 Å². The molecule has 0 aliphatic rings. The van der Waals surface area contributed by atoms with Crippen LogP contribution in [0.3, 0.4) is 0 Å². The van der Waals surface area contributed by atoms with Crippen molar-refractivity contribution in [1.29, 1.82) is 0 Å². The third-order valence-electron chi connectivity index (χ3n) is 1.78. The van der Waals surface area contributed by atoms with Crippen LogP contribution in [0.2, 0.25) is 0 Å². The molecule has 1 aromatic rings. The van der Waals surface area contributed by atoms with Crippen molar-refractivity contribution in [3.05, 3.63) is 23.8 Å². The second-order valence-electron chi connectivity index (χ2n) is 3.29. The molecule has 1 aromatic heterocycles. The van der Waals surface area contributed by atoms with Crippen LogP contribution < -0.4 is 4.72 Å². The van der Waals surface area contributed by atoms with Crippen molar-refractivity contribution in [1.82, 2.24) is 14.7 Å². The Labute approximate surface area is 90.0 Å². The molecule has 0 bridgehead atoms. The molecule has 84 valence electrons. The zero-order valence-corrected chi connectivity index (χ0v) is 9.71. The number of hydrogen-bond acceptors (Lipinski definition) is 4. The van der Waals surface area contributed by atoms with Gasteiger partial charge in [0.15, 0.2) is 0 Å². The van der Waals surface area contributed by atoms with Gasteiger partial charge in [-0.2, -0.15) is 0 Å². The Morgan fingerprint density at radius 3 is 2.60 bits per heavy atom. The first-order valence-electron chi connectivity index (χ1n) is 4.78. The first kappa shape index (κ1) is 12.1. The van der Waals surface area contributed by atoms with Crippen molar-refractivity contribution < 1.29 is 8.42 Å². The molecule has 15 heavy (non-hydrogen) atoms. The topological polar surface area (TPSA) is 72.0 Å². The van der Waals surface area contributed by atoms with Crippen LogP contribution in [-0.2, 0) is 16.6 Å². The Morgan fingerprint density at radius 1 is 1.33 bits per heavy atom. The van der Waals surface area contributed by atoms with Crippen molar-refractivity contribution in [2.24, 2.45) is 0 Å². The molecule has 0 saturated heterocycles. The van der Waals surface area contributed by atoms with E-state index in [1.165, 1.54) is 0 Å². The molecule has 1 N–H and O–H groups in total. The zero-order chi connectivity index (χ0) is 11.3. The molecule has 0 amide bonds. The molecule has 5 nitrogen and oxygen atoms in total. The van der Waals surface area contributed by atoms with E-state index in [0.29, 0.717) is 12.1 Å². The lowest BCUT2D eigenvalue weighted by Gasteiger charge is -2.04. The van der Waals surface area contributed by atoms with Gasteiger partial charge < -0.3 is 0 Å². The molecule has 0 fully saturated rings. The molecule has 0 aromatic carbocycles. The Bertz CT molecular complexity index is 400. The van der Waals surface area contributed by atoms with Gasteiger partial charge in [0.2, 0.25) is 10.0 Å². The average molecular weight is 229 g/mol. The molecule has 0 atom stereocenters. The second kappa shape index (κ2) is 5.18. The second-order valence-corrected chi connectivity index (χ2v) is 5.22. The van der Waals surface area contributed by atoms with E-state index < -0.39 is 10.0 Å². The predicted octanol–water partition coefficient (Wildman–Crippen LogP) is 0.614. The van der Waals surface area contributed by atoms with E-state index in [1.807, 2.05) is 13.8 Å². The summed E-state index contributed by atoms with van der Waals surface area (Å²) >= 11 is 0. The fourth-order valence-corrected chi connectivity index (χ4v) is 2.08. The van der Waals surface area contributed by atoms with Gasteiger partial charge in [-0.25, -0.2) is 13.1 Å². The summed E-state index contributed by atoms with van der Waals surface area (Å²) in [5.74, 6) is 0.145. The molecule has 0 aliphatic heterocycles. The largest absolute Gasteiger partial charge is 0.258 e. The van der Waals surface area contributed by atoms with Crippen LogP contribution in [-0.4, -0.2) is 24.1 Å². The van der Waals surface area contributed by atoms with Crippen molar-refractivity contribution >= 4 is 10.0 Å².